The topological polar surface area (TPSA) is 50.9 Å². The lowest BCUT2D eigenvalue weighted by Crippen LogP contribution is -1.98. The molecule has 2 aromatic heterocycles. The van der Waals surface area contributed by atoms with Gasteiger partial charge in [-0.15, -0.1) is 0 Å². The number of anilines is 2. The van der Waals surface area contributed by atoms with E-state index in [0.717, 1.165) is 27.6 Å². The third kappa shape index (κ3) is 2.19. The van der Waals surface area contributed by atoms with E-state index in [-0.39, 0.29) is 0 Å². The predicted octanol–water partition coefficient (Wildman–Crippen LogP) is 3.86. The Morgan fingerprint density at radius 2 is 2.22 bits per heavy atom. The van der Waals surface area contributed by atoms with Gasteiger partial charge in [-0.05, 0) is 47.0 Å². The molecule has 92 valence electrons. The Hall–Kier alpha value is -1.59. The zero-order valence-electron chi connectivity index (χ0n) is 9.93. The van der Waals surface area contributed by atoms with Crippen LogP contribution in [0.4, 0.5) is 10.8 Å². The minimum absolute atomic E-state index is 0.784. The van der Waals surface area contributed by atoms with Crippen molar-refractivity contribution in [3.8, 4) is 0 Å². The van der Waals surface area contributed by atoms with Crippen LogP contribution in [-0.4, -0.2) is 4.98 Å². The molecule has 0 saturated heterocycles. The fraction of sp³-hybridized carbons (Fsp3) is 0.154. The number of hydrogen-bond acceptors (Lipinski definition) is 5. The third-order valence-corrected chi connectivity index (χ3v) is 4.69. The largest absolute Gasteiger partial charge is 0.399 e. The van der Waals surface area contributed by atoms with Gasteiger partial charge in [0.15, 0.2) is 5.13 Å². The molecule has 0 radical (unpaired) electrons. The van der Waals surface area contributed by atoms with Gasteiger partial charge in [-0.1, -0.05) is 11.3 Å². The summed E-state index contributed by atoms with van der Waals surface area (Å²) in [5, 5.41) is 8.65. The van der Waals surface area contributed by atoms with Crippen LogP contribution in [0.25, 0.3) is 10.2 Å². The first-order valence-electron chi connectivity index (χ1n) is 5.64. The standard InChI is InChI=1S/C13H13N3S2/c1-8-6-17-7-9(8)5-15-13-16-11-3-2-10(14)4-12(11)18-13/h2-4,6-7H,5,14H2,1H3,(H,15,16). The van der Waals surface area contributed by atoms with Crippen LogP contribution < -0.4 is 11.1 Å². The molecule has 2 heterocycles. The van der Waals surface area contributed by atoms with E-state index in [1.54, 1.807) is 22.7 Å². The number of nitrogens with one attached hydrogen (secondary N) is 1. The highest BCUT2D eigenvalue weighted by molar-refractivity contribution is 7.22. The van der Waals surface area contributed by atoms with E-state index in [1.807, 2.05) is 18.2 Å². The molecule has 3 aromatic rings. The average Bonchev–Trinajstić information content (AvgIpc) is 2.92. The second-order valence-corrected chi connectivity index (χ2v) is 5.95. The van der Waals surface area contributed by atoms with Gasteiger partial charge < -0.3 is 11.1 Å². The molecule has 0 amide bonds. The molecule has 3 N–H and O–H groups in total. The lowest BCUT2D eigenvalue weighted by atomic mass is 10.2. The molecule has 0 aliphatic carbocycles. The van der Waals surface area contributed by atoms with Crippen molar-refractivity contribution in [2.75, 3.05) is 11.1 Å². The molecule has 0 spiro atoms. The van der Waals surface area contributed by atoms with Crippen LogP contribution >= 0.6 is 22.7 Å². The molecule has 3 rings (SSSR count). The number of thiophene rings is 1. The normalized spacial score (nSPS) is 10.9. The fourth-order valence-electron chi connectivity index (χ4n) is 1.76. The Balaban J connectivity index is 1.81. The molecule has 0 unspecified atom stereocenters. The summed E-state index contributed by atoms with van der Waals surface area (Å²) in [4.78, 5) is 4.54. The Labute approximate surface area is 113 Å². The summed E-state index contributed by atoms with van der Waals surface area (Å²) in [5.41, 5.74) is 10.2. The summed E-state index contributed by atoms with van der Waals surface area (Å²) >= 11 is 3.38. The van der Waals surface area contributed by atoms with Crippen LogP contribution in [0.3, 0.4) is 0 Å². The highest BCUT2D eigenvalue weighted by atomic mass is 32.1. The summed E-state index contributed by atoms with van der Waals surface area (Å²) in [6, 6.07) is 5.81. The first kappa shape index (κ1) is 11.5. The molecule has 1 aromatic carbocycles. The Morgan fingerprint density at radius 1 is 1.33 bits per heavy atom. The van der Waals surface area contributed by atoms with E-state index in [4.69, 9.17) is 5.73 Å². The van der Waals surface area contributed by atoms with Gasteiger partial charge in [0, 0.05) is 12.2 Å². The molecule has 3 nitrogen and oxygen atoms in total. The SMILES string of the molecule is Cc1cscc1CNc1nc2ccc(N)cc2s1. The lowest BCUT2D eigenvalue weighted by Gasteiger charge is -2.00. The van der Waals surface area contributed by atoms with Crippen molar-refractivity contribution in [3.05, 3.63) is 40.1 Å². The summed E-state index contributed by atoms with van der Waals surface area (Å²) in [6.45, 7) is 2.96. The number of aryl methyl sites for hydroxylation is 1. The van der Waals surface area contributed by atoms with Gasteiger partial charge >= 0.3 is 0 Å². The molecule has 18 heavy (non-hydrogen) atoms. The molecule has 5 heteroatoms. The molecule has 0 bridgehead atoms. The van der Waals surface area contributed by atoms with E-state index in [9.17, 15) is 0 Å². The van der Waals surface area contributed by atoms with Gasteiger partial charge in [-0.2, -0.15) is 11.3 Å². The first-order chi connectivity index (χ1) is 8.72. The van der Waals surface area contributed by atoms with Gasteiger partial charge in [-0.25, -0.2) is 4.98 Å². The summed E-state index contributed by atoms with van der Waals surface area (Å²) in [7, 11) is 0. The zero-order chi connectivity index (χ0) is 12.5. The smallest absolute Gasteiger partial charge is 0.184 e. The van der Waals surface area contributed by atoms with Crippen molar-refractivity contribution >= 4 is 43.7 Å². The Morgan fingerprint density at radius 3 is 3.00 bits per heavy atom. The second-order valence-electron chi connectivity index (χ2n) is 4.18. The number of thiazole rings is 1. The summed E-state index contributed by atoms with van der Waals surface area (Å²) in [6.07, 6.45) is 0. The average molecular weight is 275 g/mol. The monoisotopic (exact) mass is 275 g/mol. The van der Waals surface area contributed by atoms with Crippen LogP contribution in [0.15, 0.2) is 29.0 Å². The van der Waals surface area contributed by atoms with Crippen LogP contribution in [0.5, 0.6) is 0 Å². The van der Waals surface area contributed by atoms with Crippen molar-refractivity contribution in [2.24, 2.45) is 0 Å². The van der Waals surface area contributed by atoms with Gasteiger partial charge in [0.25, 0.3) is 0 Å². The molecular weight excluding hydrogens is 262 g/mol. The maximum atomic E-state index is 5.76. The first-order valence-corrected chi connectivity index (χ1v) is 7.40. The molecule has 0 fully saturated rings. The molecule has 0 aliphatic rings. The molecular formula is C13H13N3S2. The van der Waals surface area contributed by atoms with Crippen molar-refractivity contribution < 1.29 is 0 Å². The van der Waals surface area contributed by atoms with Crippen LogP contribution in [0, 0.1) is 6.92 Å². The quantitative estimate of drug-likeness (QED) is 0.714. The number of nitrogen functional groups attached to an aromatic ring is 1. The number of hydrogen-bond donors (Lipinski definition) is 2. The Bertz CT molecular complexity index is 684. The maximum Gasteiger partial charge on any atom is 0.184 e. The second kappa shape index (κ2) is 4.59. The lowest BCUT2D eigenvalue weighted by molar-refractivity contribution is 1.13. The highest BCUT2D eigenvalue weighted by Gasteiger charge is 2.05. The van der Waals surface area contributed by atoms with Crippen molar-refractivity contribution in [3.63, 3.8) is 0 Å². The van der Waals surface area contributed by atoms with E-state index < -0.39 is 0 Å². The van der Waals surface area contributed by atoms with Crippen molar-refractivity contribution in [2.45, 2.75) is 13.5 Å². The molecule has 0 saturated carbocycles. The number of nitrogens with two attached hydrogens (primary N) is 1. The number of benzene rings is 1. The van der Waals surface area contributed by atoms with Crippen LogP contribution in [-0.2, 0) is 6.54 Å². The number of fused-ring (bicyclic) bond motifs is 1. The zero-order valence-corrected chi connectivity index (χ0v) is 11.6. The van der Waals surface area contributed by atoms with E-state index >= 15 is 0 Å². The van der Waals surface area contributed by atoms with E-state index in [1.165, 1.54) is 11.1 Å². The van der Waals surface area contributed by atoms with Crippen molar-refractivity contribution in [1.29, 1.82) is 0 Å². The van der Waals surface area contributed by atoms with Crippen LogP contribution in [0.1, 0.15) is 11.1 Å². The highest BCUT2D eigenvalue weighted by Crippen LogP contribution is 2.28. The molecule has 0 aliphatic heterocycles. The fourth-order valence-corrected chi connectivity index (χ4v) is 3.52. The minimum atomic E-state index is 0.784. The minimum Gasteiger partial charge on any atom is -0.399 e. The van der Waals surface area contributed by atoms with Gasteiger partial charge in [-0.3, -0.25) is 0 Å². The van der Waals surface area contributed by atoms with Gasteiger partial charge in [0.05, 0.1) is 10.2 Å². The van der Waals surface area contributed by atoms with E-state index in [0.29, 0.717) is 0 Å². The van der Waals surface area contributed by atoms with Gasteiger partial charge in [0.2, 0.25) is 0 Å². The maximum absolute atomic E-state index is 5.76. The predicted molar refractivity (Wildman–Crippen MR) is 80.4 cm³/mol. The van der Waals surface area contributed by atoms with Crippen molar-refractivity contribution in [1.82, 2.24) is 4.98 Å². The number of rotatable bonds is 3. The van der Waals surface area contributed by atoms with E-state index in [2.05, 4.69) is 28.0 Å². The third-order valence-electron chi connectivity index (χ3n) is 2.80. The number of nitrogens with zero attached hydrogens (tertiary/aromatic N) is 1. The summed E-state index contributed by atoms with van der Waals surface area (Å²) in [5.74, 6) is 0. The Kier molecular flexibility index (Phi) is 2.93. The van der Waals surface area contributed by atoms with Gasteiger partial charge in [0.1, 0.15) is 0 Å². The van der Waals surface area contributed by atoms with Crippen LogP contribution in [0.2, 0.25) is 0 Å². The molecule has 0 atom stereocenters. The number of aromatic nitrogens is 1. The summed E-state index contributed by atoms with van der Waals surface area (Å²) < 4.78 is 1.12.